The van der Waals surface area contributed by atoms with Crippen LogP contribution in [0.4, 0.5) is 4.39 Å². The Kier molecular flexibility index (Phi) is 8.18. The molecule has 0 spiro atoms. The van der Waals surface area contributed by atoms with E-state index in [0.29, 0.717) is 37.4 Å². The minimum Gasteiger partial charge on any atom is -0.465 e. The summed E-state index contributed by atoms with van der Waals surface area (Å²) in [6.45, 7) is 4.60. The number of ketones is 1. The highest BCUT2D eigenvalue weighted by molar-refractivity contribution is 8.14. The van der Waals surface area contributed by atoms with Crippen molar-refractivity contribution in [3.05, 3.63) is 59.4 Å². The average Bonchev–Trinajstić information content (AvgIpc) is 3.58. The topological polar surface area (TPSA) is 81.5 Å². The summed E-state index contributed by atoms with van der Waals surface area (Å²) in [5, 5.41) is -0.0684. The molecule has 0 bridgehead atoms. The van der Waals surface area contributed by atoms with Crippen LogP contribution in [0, 0.1) is 11.7 Å². The van der Waals surface area contributed by atoms with Gasteiger partial charge in [-0.25, -0.2) is 9.37 Å². The lowest BCUT2D eigenvalue weighted by atomic mass is 9.93. The Morgan fingerprint density at radius 2 is 2.03 bits per heavy atom. The Morgan fingerprint density at radius 3 is 2.71 bits per heavy atom. The Bertz CT molecular complexity index is 1130. The molecule has 35 heavy (non-hydrogen) atoms. The number of aromatic nitrogens is 2. The van der Waals surface area contributed by atoms with E-state index in [4.69, 9.17) is 4.74 Å². The van der Waals surface area contributed by atoms with Gasteiger partial charge in [0.1, 0.15) is 12.4 Å². The third-order valence-electron chi connectivity index (χ3n) is 6.28. The summed E-state index contributed by atoms with van der Waals surface area (Å²) in [6, 6.07) is 5.80. The van der Waals surface area contributed by atoms with Crippen LogP contribution in [0.1, 0.15) is 50.4 Å². The van der Waals surface area contributed by atoms with Gasteiger partial charge in [-0.2, -0.15) is 0 Å². The number of Topliss-reactive ketones (excluding diaryl/α,β-unsaturated/α-hetero) is 1. The van der Waals surface area contributed by atoms with Gasteiger partial charge in [0.15, 0.2) is 10.9 Å². The first kappa shape index (κ1) is 25.3. The smallest absolute Gasteiger partial charge is 0.325 e. The van der Waals surface area contributed by atoms with Crippen molar-refractivity contribution < 1.29 is 23.5 Å². The Morgan fingerprint density at radius 1 is 1.26 bits per heavy atom. The number of carbonyl (C=O) groups excluding carboxylic acids is 3. The van der Waals surface area contributed by atoms with E-state index < -0.39 is 6.04 Å². The van der Waals surface area contributed by atoms with Crippen molar-refractivity contribution in [2.24, 2.45) is 5.92 Å². The van der Waals surface area contributed by atoms with Crippen LogP contribution in [0.25, 0.3) is 6.08 Å². The number of esters is 1. The first-order valence-electron chi connectivity index (χ1n) is 11.9. The SMILES string of the molecule is CCOC(=O)Cn1cncc1C=C1CN(C(C(=O)C2CC2)c2ccccc2F)CCC1SC(C)=O. The molecule has 1 aromatic heterocycles. The van der Waals surface area contributed by atoms with E-state index >= 15 is 0 Å². The number of halogens is 1. The van der Waals surface area contributed by atoms with E-state index in [9.17, 15) is 18.8 Å². The Labute approximate surface area is 208 Å². The highest BCUT2D eigenvalue weighted by Crippen LogP contribution is 2.40. The molecule has 2 unspecified atom stereocenters. The van der Waals surface area contributed by atoms with Crippen LogP contribution in [0.3, 0.4) is 0 Å². The van der Waals surface area contributed by atoms with Gasteiger partial charge in [0, 0.05) is 36.7 Å². The van der Waals surface area contributed by atoms with Crippen LogP contribution in [0.5, 0.6) is 0 Å². The highest BCUT2D eigenvalue weighted by atomic mass is 32.2. The zero-order chi connectivity index (χ0) is 24.9. The van der Waals surface area contributed by atoms with Gasteiger partial charge in [-0.3, -0.25) is 19.3 Å². The van der Waals surface area contributed by atoms with Gasteiger partial charge in [-0.15, -0.1) is 0 Å². The molecule has 1 aromatic carbocycles. The maximum atomic E-state index is 14.8. The largest absolute Gasteiger partial charge is 0.465 e. The zero-order valence-corrected chi connectivity index (χ0v) is 20.8. The summed E-state index contributed by atoms with van der Waals surface area (Å²) < 4.78 is 21.6. The molecule has 2 aliphatic rings. The van der Waals surface area contributed by atoms with Crippen molar-refractivity contribution in [3.63, 3.8) is 0 Å². The quantitative estimate of drug-likeness (QED) is 0.482. The number of imidazole rings is 1. The van der Waals surface area contributed by atoms with Crippen LogP contribution in [0.15, 0.2) is 42.4 Å². The normalized spacial score (nSPS) is 20.5. The van der Waals surface area contributed by atoms with Crippen molar-refractivity contribution in [2.45, 2.75) is 50.9 Å². The van der Waals surface area contributed by atoms with Gasteiger partial charge < -0.3 is 9.30 Å². The number of ether oxygens (including phenoxy) is 1. The molecule has 1 saturated carbocycles. The van der Waals surface area contributed by atoms with Gasteiger partial charge in [0.25, 0.3) is 0 Å². The second-order valence-corrected chi connectivity index (χ2v) is 10.3. The average molecular weight is 500 g/mol. The second-order valence-electron chi connectivity index (χ2n) is 8.93. The maximum Gasteiger partial charge on any atom is 0.325 e. The van der Waals surface area contributed by atoms with Crippen molar-refractivity contribution in [2.75, 3.05) is 19.7 Å². The molecule has 2 aromatic rings. The molecule has 1 aliphatic heterocycles. The molecule has 9 heteroatoms. The lowest BCUT2D eigenvalue weighted by Gasteiger charge is -2.38. The van der Waals surface area contributed by atoms with Crippen molar-refractivity contribution in [1.29, 1.82) is 0 Å². The number of piperidine rings is 1. The molecule has 2 atom stereocenters. The summed E-state index contributed by atoms with van der Waals surface area (Å²) in [7, 11) is 0. The predicted molar refractivity (Wildman–Crippen MR) is 132 cm³/mol. The molecule has 186 valence electrons. The lowest BCUT2D eigenvalue weighted by molar-refractivity contribution is -0.143. The molecule has 1 aliphatic carbocycles. The predicted octanol–water partition coefficient (Wildman–Crippen LogP) is 4.04. The third-order valence-corrected chi connectivity index (χ3v) is 7.44. The summed E-state index contributed by atoms with van der Waals surface area (Å²) in [6.07, 6.45) is 7.48. The van der Waals surface area contributed by atoms with Gasteiger partial charge in [0.2, 0.25) is 0 Å². The molecule has 2 heterocycles. The fraction of sp³-hybridized carbons (Fsp3) is 0.462. The Hall–Kier alpha value is -2.78. The summed E-state index contributed by atoms with van der Waals surface area (Å²) in [5.41, 5.74) is 2.04. The molecule has 7 nitrogen and oxygen atoms in total. The molecular weight excluding hydrogens is 469 g/mol. The summed E-state index contributed by atoms with van der Waals surface area (Å²) >= 11 is 1.26. The lowest BCUT2D eigenvalue weighted by Crippen LogP contribution is -2.43. The minimum absolute atomic E-state index is 0.00842. The van der Waals surface area contributed by atoms with E-state index in [-0.39, 0.29) is 40.4 Å². The molecule has 0 radical (unpaired) electrons. The number of hydrogen-bond acceptors (Lipinski definition) is 7. The Balaban J connectivity index is 1.65. The van der Waals surface area contributed by atoms with Crippen LogP contribution in [-0.2, 0) is 25.7 Å². The third kappa shape index (κ3) is 6.27. The van der Waals surface area contributed by atoms with Crippen molar-refractivity contribution in [3.8, 4) is 0 Å². The summed E-state index contributed by atoms with van der Waals surface area (Å²) in [4.78, 5) is 43.5. The van der Waals surface area contributed by atoms with Crippen molar-refractivity contribution >= 4 is 34.7 Å². The molecule has 2 fully saturated rings. The van der Waals surface area contributed by atoms with E-state index in [1.54, 1.807) is 49.1 Å². The van der Waals surface area contributed by atoms with Crippen LogP contribution in [0.2, 0.25) is 0 Å². The number of nitrogens with zero attached hydrogens (tertiary/aromatic N) is 3. The molecule has 0 N–H and O–H groups in total. The van der Waals surface area contributed by atoms with Gasteiger partial charge in [0.05, 0.1) is 30.9 Å². The van der Waals surface area contributed by atoms with Crippen LogP contribution < -0.4 is 0 Å². The maximum absolute atomic E-state index is 14.8. The van der Waals surface area contributed by atoms with Crippen molar-refractivity contribution in [1.82, 2.24) is 14.5 Å². The monoisotopic (exact) mass is 499 g/mol. The second kappa shape index (κ2) is 11.3. The van der Waals surface area contributed by atoms with Crippen LogP contribution in [-0.4, -0.2) is 56.3 Å². The van der Waals surface area contributed by atoms with E-state index in [1.165, 1.54) is 17.8 Å². The number of rotatable bonds is 9. The zero-order valence-electron chi connectivity index (χ0n) is 20.0. The minimum atomic E-state index is -0.667. The molecule has 0 amide bonds. The molecular formula is C26H30FN3O4S. The van der Waals surface area contributed by atoms with Gasteiger partial charge in [-0.1, -0.05) is 30.0 Å². The van der Waals surface area contributed by atoms with E-state index in [1.807, 2.05) is 11.0 Å². The fourth-order valence-electron chi connectivity index (χ4n) is 4.51. The highest BCUT2D eigenvalue weighted by Gasteiger charge is 2.41. The number of hydrogen-bond donors (Lipinski definition) is 0. The van der Waals surface area contributed by atoms with E-state index in [0.717, 1.165) is 18.4 Å². The number of thioether (sulfide) groups is 1. The number of benzene rings is 1. The van der Waals surface area contributed by atoms with Crippen LogP contribution >= 0.6 is 11.8 Å². The molecule has 1 saturated heterocycles. The fourth-order valence-corrected chi connectivity index (χ4v) is 5.43. The number of likely N-dealkylation sites (tertiary alicyclic amines) is 1. The summed E-state index contributed by atoms with van der Waals surface area (Å²) in [5.74, 6) is -0.716. The standard InChI is InChI=1S/C26H30FN3O4S/c1-3-34-24(32)15-30-16-28-13-20(30)12-19-14-29(11-10-23(19)35-17(2)31)25(26(33)18-8-9-18)21-6-4-5-7-22(21)27/h4-7,12-13,16,18,23,25H,3,8-11,14-15H2,1-2H3. The van der Waals surface area contributed by atoms with Gasteiger partial charge in [-0.05, 0) is 43.9 Å². The molecule has 4 rings (SSSR count). The first-order valence-corrected chi connectivity index (χ1v) is 12.8. The first-order chi connectivity index (χ1) is 16.9. The van der Waals surface area contributed by atoms with Gasteiger partial charge >= 0.3 is 5.97 Å². The number of carbonyl (C=O) groups is 3. The van der Waals surface area contributed by atoms with E-state index in [2.05, 4.69) is 4.98 Å².